The van der Waals surface area contributed by atoms with Crippen LogP contribution < -0.4 is 11.1 Å². The summed E-state index contributed by atoms with van der Waals surface area (Å²) in [6.07, 6.45) is -0.475. The van der Waals surface area contributed by atoms with E-state index in [9.17, 15) is 9.59 Å². The summed E-state index contributed by atoms with van der Waals surface area (Å²) in [4.78, 5) is 25.1. The number of carbonyl (C=O) groups excluding carboxylic acids is 2. The van der Waals surface area contributed by atoms with Crippen molar-refractivity contribution in [2.75, 3.05) is 25.4 Å². The first kappa shape index (κ1) is 15.2. The predicted octanol–water partition coefficient (Wildman–Crippen LogP) is 0.778. The molecule has 3 N–H and O–H groups in total. The van der Waals surface area contributed by atoms with Gasteiger partial charge in [0.25, 0.3) is 0 Å². The van der Waals surface area contributed by atoms with Gasteiger partial charge in [0.05, 0.1) is 6.54 Å². The van der Waals surface area contributed by atoms with E-state index in [1.165, 1.54) is 16.2 Å². The third-order valence-electron chi connectivity index (χ3n) is 3.32. The molecule has 0 aliphatic carbocycles. The Morgan fingerprint density at radius 3 is 2.78 bits per heavy atom. The summed E-state index contributed by atoms with van der Waals surface area (Å²) < 4.78 is 4.81. The van der Waals surface area contributed by atoms with Gasteiger partial charge in [-0.05, 0) is 5.56 Å². The quantitative estimate of drug-likeness (QED) is 0.836. The number of hydrogen-bond donors (Lipinski definition) is 2. The molecule has 23 heavy (non-hydrogen) atoms. The molecule has 1 aromatic heterocycles. The van der Waals surface area contributed by atoms with Crippen LogP contribution in [0.4, 0.5) is 9.93 Å². The van der Waals surface area contributed by atoms with Gasteiger partial charge < -0.3 is 15.8 Å². The maximum atomic E-state index is 12.3. The second-order valence-corrected chi connectivity index (χ2v) is 5.97. The number of cyclic esters (lactones) is 1. The SMILES string of the molecule is Nc1nnc([C@@H](NC(=O)CN2CCOC2=O)c2ccccc2)s1. The van der Waals surface area contributed by atoms with E-state index in [1.54, 1.807) is 0 Å². The Kier molecular flexibility index (Phi) is 4.38. The van der Waals surface area contributed by atoms with Crippen molar-refractivity contribution in [3.05, 3.63) is 40.9 Å². The van der Waals surface area contributed by atoms with Crippen molar-refractivity contribution < 1.29 is 14.3 Å². The molecule has 0 unspecified atom stereocenters. The van der Waals surface area contributed by atoms with E-state index >= 15 is 0 Å². The average molecular weight is 333 g/mol. The molecule has 2 amide bonds. The van der Waals surface area contributed by atoms with E-state index in [2.05, 4.69) is 15.5 Å². The maximum absolute atomic E-state index is 12.3. The van der Waals surface area contributed by atoms with Crippen LogP contribution in [0.5, 0.6) is 0 Å². The van der Waals surface area contributed by atoms with Crippen LogP contribution in [0.3, 0.4) is 0 Å². The first-order valence-corrected chi connectivity index (χ1v) is 7.80. The van der Waals surface area contributed by atoms with Crippen molar-refractivity contribution in [2.45, 2.75) is 6.04 Å². The molecule has 9 heteroatoms. The lowest BCUT2D eigenvalue weighted by atomic mass is 10.1. The Bertz CT molecular complexity index is 705. The number of amides is 2. The van der Waals surface area contributed by atoms with Crippen LogP contribution in [0.25, 0.3) is 0 Å². The van der Waals surface area contributed by atoms with E-state index in [-0.39, 0.29) is 12.5 Å². The van der Waals surface area contributed by atoms with Crippen molar-refractivity contribution in [1.29, 1.82) is 0 Å². The molecule has 0 bridgehead atoms. The Hall–Kier alpha value is -2.68. The molecule has 120 valence electrons. The number of benzene rings is 1. The maximum Gasteiger partial charge on any atom is 0.410 e. The van der Waals surface area contributed by atoms with Crippen LogP contribution in [0, 0.1) is 0 Å². The molecule has 0 saturated carbocycles. The van der Waals surface area contributed by atoms with Crippen LogP contribution in [0.1, 0.15) is 16.6 Å². The molecular weight excluding hydrogens is 318 g/mol. The van der Waals surface area contributed by atoms with Crippen LogP contribution in [0.15, 0.2) is 30.3 Å². The van der Waals surface area contributed by atoms with Crippen molar-refractivity contribution in [3.63, 3.8) is 0 Å². The lowest BCUT2D eigenvalue weighted by Crippen LogP contribution is -2.39. The van der Waals surface area contributed by atoms with Gasteiger partial charge in [0.15, 0.2) is 0 Å². The Morgan fingerprint density at radius 1 is 1.39 bits per heavy atom. The number of aromatic nitrogens is 2. The van der Waals surface area contributed by atoms with Gasteiger partial charge in [-0.15, -0.1) is 10.2 Å². The molecule has 1 aliphatic heterocycles. The number of rotatable bonds is 5. The molecule has 2 heterocycles. The van der Waals surface area contributed by atoms with Crippen LogP contribution in [-0.2, 0) is 9.53 Å². The number of nitrogens with two attached hydrogens (primary N) is 1. The molecule has 1 saturated heterocycles. The Balaban J connectivity index is 1.76. The van der Waals surface area contributed by atoms with Gasteiger partial charge in [0.1, 0.15) is 24.2 Å². The van der Waals surface area contributed by atoms with E-state index in [0.717, 1.165) is 5.56 Å². The van der Waals surface area contributed by atoms with Crippen LogP contribution in [0.2, 0.25) is 0 Å². The van der Waals surface area contributed by atoms with Crippen LogP contribution in [-0.4, -0.2) is 46.8 Å². The molecule has 0 spiro atoms. The standard InChI is InChI=1S/C14H15N5O3S/c15-13-18-17-12(23-13)11(9-4-2-1-3-5-9)16-10(20)8-19-6-7-22-14(19)21/h1-5,11H,6-8H2,(H2,15,18)(H,16,20)/t11-/m0/s1. The Morgan fingerprint density at radius 2 is 2.17 bits per heavy atom. The topological polar surface area (TPSA) is 110 Å². The fourth-order valence-corrected chi connectivity index (χ4v) is 2.94. The van der Waals surface area contributed by atoms with E-state index in [0.29, 0.717) is 23.3 Å². The van der Waals surface area contributed by atoms with Gasteiger partial charge in [-0.3, -0.25) is 9.69 Å². The van der Waals surface area contributed by atoms with Gasteiger partial charge in [-0.25, -0.2) is 4.79 Å². The number of anilines is 1. The number of nitrogens with zero attached hydrogens (tertiary/aromatic N) is 3. The zero-order chi connectivity index (χ0) is 16.2. The summed E-state index contributed by atoms with van der Waals surface area (Å²) in [5.41, 5.74) is 6.50. The minimum absolute atomic E-state index is 0.0591. The second kappa shape index (κ2) is 6.61. The largest absolute Gasteiger partial charge is 0.448 e. The predicted molar refractivity (Wildman–Crippen MR) is 83.7 cm³/mol. The minimum atomic E-state index is -0.475. The highest BCUT2D eigenvalue weighted by atomic mass is 32.1. The molecule has 1 aliphatic rings. The van der Waals surface area contributed by atoms with E-state index < -0.39 is 12.1 Å². The number of nitrogen functional groups attached to an aromatic ring is 1. The second-order valence-electron chi connectivity index (χ2n) is 4.93. The zero-order valence-corrected chi connectivity index (χ0v) is 13.0. The van der Waals surface area contributed by atoms with Crippen molar-refractivity contribution in [2.24, 2.45) is 0 Å². The normalized spacial score (nSPS) is 15.3. The highest BCUT2D eigenvalue weighted by Gasteiger charge is 2.26. The molecular formula is C14H15N5O3S. The van der Waals surface area contributed by atoms with Gasteiger partial charge in [0, 0.05) is 0 Å². The molecule has 3 rings (SSSR count). The van der Waals surface area contributed by atoms with Gasteiger partial charge in [-0.1, -0.05) is 41.7 Å². The summed E-state index contributed by atoms with van der Waals surface area (Å²) in [7, 11) is 0. The zero-order valence-electron chi connectivity index (χ0n) is 12.1. The third-order valence-corrected chi connectivity index (χ3v) is 4.14. The first-order valence-electron chi connectivity index (χ1n) is 6.98. The van der Waals surface area contributed by atoms with Crippen LogP contribution >= 0.6 is 11.3 Å². The fraction of sp³-hybridized carbons (Fsp3) is 0.286. The smallest absolute Gasteiger partial charge is 0.410 e. The lowest BCUT2D eigenvalue weighted by molar-refractivity contribution is -0.122. The molecule has 1 atom stereocenters. The summed E-state index contributed by atoms with van der Waals surface area (Å²) in [5.74, 6) is -0.300. The molecule has 0 radical (unpaired) electrons. The molecule has 1 fully saturated rings. The van der Waals surface area contributed by atoms with E-state index in [1.807, 2.05) is 30.3 Å². The molecule has 8 nitrogen and oxygen atoms in total. The van der Waals surface area contributed by atoms with E-state index in [4.69, 9.17) is 10.5 Å². The molecule has 1 aromatic carbocycles. The van der Waals surface area contributed by atoms with Crippen molar-refractivity contribution in [1.82, 2.24) is 20.4 Å². The summed E-state index contributed by atoms with van der Waals surface area (Å²) in [6, 6.07) is 8.93. The summed E-state index contributed by atoms with van der Waals surface area (Å²) >= 11 is 1.21. The molecule has 2 aromatic rings. The van der Waals surface area contributed by atoms with Gasteiger partial charge in [0.2, 0.25) is 11.0 Å². The lowest BCUT2D eigenvalue weighted by Gasteiger charge is -2.18. The number of carbonyl (C=O) groups is 2. The highest BCUT2D eigenvalue weighted by Crippen LogP contribution is 2.25. The average Bonchev–Trinajstić information content (AvgIpc) is 3.15. The number of hydrogen-bond acceptors (Lipinski definition) is 7. The van der Waals surface area contributed by atoms with Crippen molar-refractivity contribution in [3.8, 4) is 0 Å². The van der Waals surface area contributed by atoms with Gasteiger partial charge in [-0.2, -0.15) is 0 Å². The van der Waals surface area contributed by atoms with Gasteiger partial charge >= 0.3 is 6.09 Å². The Labute approximate surface area is 136 Å². The monoisotopic (exact) mass is 333 g/mol. The minimum Gasteiger partial charge on any atom is -0.448 e. The third kappa shape index (κ3) is 3.57. The summed E-state index contributed by atoms with van der Waals surface area (Å²) in [6.45, 7) is 0.658. The fourth-order valence-electron chi connectivity index (χ4n) is 2.25. The number of nitrogens with one attached hydrogen (secondary N) is 1. The number of ether oxygens (including phenoxy) is 1. The highest BCUT2D eigenvalue weighted by molar-refractivity contribution is 7.15. The first-order chi connectivity index (χ1) is 11.1. The summed E-state index contributed by atoms with van der Waals surface area (Å²) in [5, 5.41) is 11.6. The van der Waals surface area contributed by atoms with Crippen molar-refractivity contribution >= 4 is 28.5 Å².